The molecule has 0 saturated heterocycles. The highest BCUT2D eigenvalue weighted by molar-refractivity contribution is 7.21. The van der Waals surface area contributed by atoms with E-state index in [4.69, 9.17) is 0 Å². The lowest BCUT2D eigenvalue weighted by atomic mass is 9.85. The first-order chi connectivity index (χ1) is 13.8. The molecule has 0 spiro atoms. The Labute approximate surface area is 180 Å². The number of ketones is 2. The van der Waals surface area contributed by atoms with Gasteiger partial charge in [-0.2, -0.15) is 0 Å². The minimum atomic E-state index is -2.46. The predicted octanol–water partition coefficient (Wildman–Crippen LogP) is 4.69. The second-order valence-corrected chi connectivity index (χ2v) is 9.21. The number of Topliss-reactive ketones (excluding diaryl/α,β-unsaturated/α-hetero) is 2. The van der Waals surface area contributed by atoms with E-state index in [0.717, 1.165) is 38.5 Å². The van der Waals surface area contributed by atoms with Crippen molar-refractivity contribution in [2.24, 2.45) is 0 Å². The van der Waals surface area contributed by atoms with E-state index >= 15 is 0 Å². The van der Waals surface area contributed by atoms with Gasteiger partial charge >= 0.3 is 0 Å². The fraction of sp³-hybridized carbons (Fsp3) is 0.913. The van der Waals surface area contributed by atoms with Gasteiger partial charge in [-0.1, -0.05) is 100 Å². The van der Waals surface area contributed by atoms with Crippen LogP contribution >= 0.6 is 9.24 Å². The number of hydrogen-bond acceptors (Lipinski definition) is 5. The van der Waals surface area contributed by atoms with Crippen molar-refractivity contribution in [1.82, 2.24) is 0 Å². The predicted molar refractivity (Wildman–Crippen MR) is 122 cm³/mol. The number of carbonyl (C=O) groups is 2. The third-order valence-electron chi connectivity index (χ3n) is 5.76. The van der Waals surface area contributed by atoms with Crippen LogP contribution in [-0.4, -0.2) is 44.4 Å². The summed E-state index contributed by atoms with van der Waals surface area (Å²) in [6.07, 6.45) is 14.5. The van der Waals surface area contributed by atoms with Crippen LogP contribution in [0.1, 0.15) is 117 Å². The van der Waals surface area contributed by atoms with Crippen LogP contribution < -0.4 is 0 Å². The van der Waals surface area contributed by atoms with E-state index in [2.05, 4.69) is 13.8 Å². The van der Waals surface area contributed by atoms with Crippen LogP contribution in [0.25, 0.3) is 0 Å². The second kappa shape index (κ2) is 16.4. The molecule has 0 aliphatic heterocycles. The van der Waals surface area contributed by atoms with Gasteiger partial charge in [0.2, 0.25) is 0 Å². The van der Waals surface area contributed by atoms with Gasteiger partial charge in [0.25, 0.3) is 0 Å². The van der Waals surface area contributed by atoms with Gasteiger partial charge in [0, 0.05) is 12.8 Å². The molecule has 29 heavy (non-hydrogen) atoms. The van der Waals surface area contributed by atoms with E-state index in [1.165, 1.54) is 38.5 Å². The van der Waals surface area contributed by atoms with Crippen molar-refractivity contribution in [1.29, 1.82) is 0 Å². The van der Waals surface area contributed by atoms with Gasteiger partial charge in [0.05, 0.1) is 6.61 Å². The van der Waals surface area contributed by atoms with Crippen molar-refractivity contribution in [3.8, 4) is 0 Å². The van der Waals surface area contributed by atoms with Gasteiger partial charge in [-0.05, 0) is 12.8 Å². The van der Waals surface area contributed by atoms with Gasteiger partial charge in [-0.3, -0.25) is 9.59 Å². The standard InChI is InChI=1S/C23H45O5P/c1-3-5-7-9-11-13-15-17-20(25)22(27,19-24)23(28,29)21(26)18-16-14-12-10-8-6-4-2/h24,27-28H,3-19,29H2,1-2H3. The zero-order chi connectivity index (χ0) is 22.2. The molecule has 0 amide bonds. The third kappa shape index (κ3) is 10.5. The minimum absolute atomic E-state index is 0.0479. The average Bonchev–Trinajstić information content (AvgIpc) is 2.71. The van der Waals surface area contributed by atoms with Crippen LogP contribution in [0.2, 0.25) is 0 Å². The molecule has 5 nitrogen and oxygen atoms in total. The molecule has 0 fully saturated rings. The first kappa shape index (κ1) is 28.6. The maximum Gasteiger partial charge on any atom is 0.185 e. The van der Waals surface area contributed by atoms with Crippen molar-refractivity contribution in [2.45, 2.75) is 128 Å². The molecule has 0 aromatic rings. The summed E-state index contributed by atoms with van der Waals surface area (Å²) in [4.78, 5) is 25.0. The van der Waals surface area contributed by atoms with Gasteiger partial charge in [-0.25, -0.2) is 0 Å². The Morgan fingerprint density at radius 2 is 1.00 bits per heavy atom. The molecular weight excluding hydrogens is 387 g/mol. The summed E-state index contributed by atoms with van der Waals surface area (Å²) in [7, 11) is 1.92. The number of hydrogen-bond donors (Lipinski definition) is 3. The highest BCUT2D eigenvalue weighted by atomic mass is 31.0. The number of rotatable bonds is 20. The quantitative estimate of drug-likeness (QED) is 0.192. The molecule has 3 N–H and O–H groups in total. The third-order valence-corrected chi connectivity index (χ3v) is 6.56. The van der Waals surface area contributed by atoms with Crippen LogP contribution in [0.3, 0.4) is 0 Å². The Hall–Kier alpha value is -0.350. The van der Waals surface area contributed by atoms with Crippen molar-refractivity contribution >= 4 is 20.8 Å². The van der Waals surface area contributed by atoms with E-state index < -0.39 is 29.1 Å². The molecule has 3 atom stereocenters. The molecule has 3 unspecified atom stereocenters. The summed E-state index contributed by atoms with van der Waals surface area (Å²) in [5.74, 6) is -1.28. The molecule has 0 heterocycles. The molecule has 0 radical (unpaired) electrons. The van der Waals surface area contributed by atoms with Gasteiger partial charge in [0.1, 0.15) is 0 Å². The van der Waals surface area contributed by atoms with Gasteiger partial charge < -0.3 is 15.3 Å². The van der Waals surface area contributed by atoms with Crippen LogP contribution in [-0.2, 0) is 9.59 Å². The summed E-state index contributed by atoms with van der Waals surface area (Å²) < 4.78 is 0. The lowest BCUT2D eigenvalue weighted by Gasteiger charge is -2.37. The first-order valence-corrected chi connectivity index (χ1v) is 12.3. The number of unbranched alkanes of at least 4 members (excludes halogenated alkanes) is 12. The summed E-state index contributed by atoms with van der Waals surface area (Å²) in [6, 6.07) is 0. The second-order valence-electron chi connectivity index (χ2n) is 8.37. The molecule has 0 aromatic heterocycles. The van der Waals surface area contributed by atoms with Crippen LogP contribution in [0, 0.1) is 0 Å². The molecule has 0 aliphatic carbocycles. The number of aliphatic hydroxyl groups is 3. The van der Waals surface area contributed by atoms with E-state index in [1.54, 1.807) is 0 Å². The Kier molecular flexibility index (Phi) is 16.2. The smallest absolute Gasteiger partial charge is 0.185 e. The highest BCUT2D eigenvalue weighted by Crippen LogP contribution is 2.34. The van der Waals surface area contributed by atoms with Crippen LogP contribution in [0.4, 0.5) is 0 Å². The molecule has 6 heteroatoms. The van der Waals surface area contributed by atoms with Gasteiger partial charge in [0.15, 0.2) is 22.5 Å². The number of carbonyl (C=O) groups excluding carboxylic acids is 2. The minimum Gasteiger partial charge on any atom is -0.393 e. The maximum atomic E-state index is 12.5. The lowest BCUT2D eigenvalue weighted by molar-refractivity contribution is -0.172. The maximum absolute atomic E-state index is 12.5. The van der Waals surface area contributed by atoms with Crippen molar-refractivity contribution in [3.05, 3.63) is 0 Å². The molecule has 0 saturated carbocycles. The largest absolute Gasteiger partial charge is 0.393 e. The average molecular weight is 433 g/mol. The first-order valence-electron chi connectivity index (χ1n) is 11.7. The Balaban J connectivity index is 4.43. The Morgan fingerprint density at radius 1 is 0.655 bits per heavy atom. The van der Waals surface area contributed by atoms with E-state index in [1.807, 2.05) is 9.24 Å². The molecule has 0 bridgehead atoms. The molecule has 0 rings (SSSR count). The zero-order valence-corrected chi connectivity index (χ0v) is 19.9. The highest BCUT2D eigenvalue weighted by Gasteiger charge is 2.55. The summed E-state index contributed by atoms with van der Waals surface area (Å²) in [6.45, 7) is 3.36. The SMILES string of the molecule is CCCCCCCCCC(=O)C(O)(P)C(O)(CO)C(=O)CCCCCCCCC. The molecule has 0 aromatic carbocycles. The fourth-order valence-corrected chi connectivity index (χ4v) is 3.93. The molecular formula is C23H45O5P. The topological polar surface area (TPSA) is 94.8 Å². The summed E-state index contributed by atoms with van der Waals surface area (Å²) in [5, 5.41) is 28.6. The Morgan fingerprint density at radius 3 is 1.38 bits per heavy atom. The van der Waals surface area contributed by atoms with Gasteiger partial charge in [-0.15, -0.1) is 0 Å². The monoisotopic (exact) mass is 432 g/mol. The van der Waals surface area contributed by atoms with Crippen molar-refractivity contribution in [3.63, 3.8) is 0 Å². The number of aliphatic hydroxyl groups excluding tert-OH is 1. The van der Waals surface area contributed by atoms with Crippen LogP contribution in [0.15, 0.2) is 0 Å². The normalized spacial score (nSPS) is 15.7. The van der Waals surface area contributed by atoms with E-state index in [9.17, 15) is 24.9 Å². The zero-order valence-electron chi connectivity index (χ0n) is 18.8. The molecule has 0 aliphatic rings. The van der Waals surface area contributed by atoms with Crippen molar-refractivity contribution in [2.75, 3.05) is 6.61 Å². The Bertz CT molecular complexity index is 453. The van der Waals surface area contributed by atoms with E-state index in [0.29, 0.717) is 12.8 Å². The summed E-state index contributed by atoms with van der Waals surface area (Å²) in [5.41, 5.74) is -2.46. The molecule has 172 valence electrons. The summed E-state index contributed by atoms with van der Waals surface area (Å²) >= 11 is 0. The fourth-order valence-electron chi connectivity index (χ4n) is 3.53. The lowest BCUT2D eigenvalue weighted by Crippen LogP contribution is -2.62. The van der Waals surface area contributed by atoms with Crippen molar-refractivity contribution < 1.29 is 24.9 Å². The van der Waals surface area contributed by atoms with Crippen LogP contribution in [0.5, 0.6) is 0 Å². The van der Waals surface area contributed by atoms with E-state index in [-0.39, 0.29) is 12.8 Å².